The summed E-state index contributed by atoms with van der Waals surface area (Å²) in [5, 5.41) is 5.05. The van der Waals surface area contributed by atoms with Crippen molar-refractivity contribution in [3.8, 4) is 33.6 Å². The van der Waals surface area contributed by atoms with Gasteiger partial charge in [-0.25, -0.2) is 0 Å². The Morgan fingerprint density at radius 1 is 0.273 bits per heavy atom. The minimum Gasteiger partial charge on any atom is -1.00 e. The van der Waals surface area contributed by atoms with Gasteiger partial charge in [0.15, 0.2) is 0 Å². The molecule has 0 N–H and O–H groups in total. The van der Waals surface area contributed by atoms with E-state index >= 15 is 0 Å². The molecule has 0 fully saturated rings. The highest BCUT2D eigenvalue weighted by molar-refractivity contribution is 6.12. The number of para-hydroxylation sites is 3. The van der Waals surface area contributed by atoms with Gasteiger partial charge < -0.3 is 13.4 Å². The van der Waals surface area contributed by atoms with Crippen molar-refractivity contribution in [1.82, 2.24) is 9.13 Å². The number of benzene rings is 7. The SMILES string of the molecule is [H-].[H-].[H-].c1ccc(-c2cccc(-c3cccc(-n4c5ccccc5c5ccc(-n6c7ccccc7c7ccccc76)cc54)c3)c2)cc1. The molecule has 0 unspecified atom stereocenters. The maximum Gasteiger partial charge on any atom is 0.0561 e. The van der Waals surface area contributed by atoms with Crippen molar-refractivity contribution in [2.45, 2.75) is 0 Å². The molecule has 0 saturated heterocycles. The van der Waals surface area contributed by atoms with Crippen LogP contribution in [0.5, 0.6) is 0 Å². The number of hydrogen-bond donors (Lipinski definition) is 0. The molecule has 44 heavy (non-hydrogen) atoms. The first-order valence-electron chi connectivity index (χ1n) is 15.1. The van der Waals surface area contributed by atoms with Crippen molar-refractivity contribution in [3.05, 3.63) is 170 Å². The normalized spacial score (nSPS) is 11.6. The van der Waals surface area contributed by atoms with Crippen molar-refractivity contribution >= 4 is 43.6 Å². The van der Waals surface area contributed by atoms with E-state index in [0.717, 1.165) is 11.4 Å². The van der Waals surface area contributed by atoms with Crippen molar-refractivity contribution in [1.29, 1.82) is 0 Å². The highest BCUT2D eigenvalue weighted by atomic mass is 15.0. The first-order valence-corrected chi connectivity index (χ1v) is 15.1. The molecule has 2 aromatic heterocycles. The summed E-state index contributed by atoms with van der Waals surface area (Å²) in [5.41, 5.74) is 12.0. The highest BCUT2D eigenvalue weighted by Crippen LogP contribution is 2.37. The first-order chi connectivity index (χ1) is 21.8. The lowest BCUT2D eigenvalue weighted by Gasteiger charge is -2.13. The predicted molar refractivity (Wildman–Crippen MR) is 189 cm³/mol. The smallest absolute Gasteiger partial charge is 0.0561 e. The van der Waals surface area contributed by atoms with E-state index in [4.69, 9.17) is 0 Å². The van der Waals surface area contributed by atoms with Crippen molar-refractivity contribution < 1.29 is 4.28 Å². The molecule has 0 amide bonds. The Bertz CT molecular complexity index is 2460. The second kappa shape index (κ2) is 9.86. The van der Waals surface area contributed by atoms with Gasteiger partial charge in [0.25, 0.3) is 0 Å². The summed E-state index contributed by atoms with van der Waals surface area (Å²) in [4.78, 5) is 0. The molecule has 2 heteroatoms. The van der Waals surface area contributed by atoms with Gasteiger partial charge in [-0.15, -0.1) is 0 Å². The van der Waals surface area contributed by atoms with Gasteiger partial charge in [-0.3, -0.25) is 0 Å². The monoisotopic (exact) mass is 563 g/mol. The minimum absolute atomic E-state index is 0. The maximum atomic E-state index is 2.42. The number of nitrogens with zero attached hydrogens (tertiary/aromatic N) is 2. The van der Waals surface area contributed by atoms with E-state index in [1.165, 1.54) is 65.9 Å². The first kappa shape index (κ1) is 24.7. The molecule has 0 aliphatic carbocycles. The largest absolute Gasteiger partial charge is 1.00 e. The average Bonchev–Trinajstić information content (AvgIpc) is 3.61. The summed E-state index contributed by atoms with van der Waals surface area (Å²) in [7, 11) is 0. The van der Waals surface area contributed by atoms with Crippen LogP contribution in [0.4, 0.5) is 0 Å². The van der Waals surface area contributed by atoms with Gasteiger partial charge in [-0.05, 0) is 70.8 Å². The third kappa shape index (κ3) is 3.82. The Morgan fingerprint density at radius 3 is 1.34 bits per heavy atom. The summed E-state index contributed by atoms with van der Waals surface area (Å²) in [6.45, 7) is 0. The van der Waals surface area contributed by atoms with Gasteiger partial charge in [-0.1, -0.05) is 121 Å². The second-order valence-electron chi connectivity index (χ2n) is 11.4. The van der Waals surface area contributed by atoms with Crippen LogP contribution in [-0.2, 0) is 0 Å². The Balaban J connectivity index is 0.00000129. The topological polar surface area (TPSA) is 9.86 Å². The zero-order valence-electron chi connectivity index (χ0n) is 27.1. The summed E-state index contributed by atoms with van der Waals surface area (Å²) in [6, 6.07) is 61.5. The van der Waals surface area contributed by atoms with Gasteiger partial charge in [-0.2, -0.15) is 0 Å². The maximum absolute atomic E-state index is 2.42. The predicted octanol–water partition coefficient (Wildman–Crippen LogP) is 11.6. The Morgan fingerprint density at radius 2 is 0.705 bits per heavy atom. The van der Waals surface area contributed by atoms with Gasteiger partial charge in [0.1, 0.15) is 0 Å². The molecule has 9 aromatic rings. The van der Waals surface area contributed by atoms with E-state index in [-0.39, 0.29) is 4.28 Å². The van der Waals surface area contributed by atoms with Gasteiger partial charge in [0, 0.05) is 32.9 Å². The fourth-order valence-corrected chi connectivity index (χ4v) is 6.91. The van der Waals surface area contributed by atoms with Crippen molar-refractivity contribution in [2.75, 3.05) is 0 Å². The number of hydrogen-bond acceptors (Lipinski definition) is 0. The van der Waals surface area contributed by atoms with Crippen LogP contribution in [0, 0.1) is 0 Å². The van der Waals surface area contributed by atoms with E-state index in [0.29, 0.717) is 0 Å². The lowest BCUT2D eigenvalue weighted by atomic mass is 9.99. The third-order valence-electron chi connectivity index (χ3n) is 8.90. The molecule has 212 valence electrons. The molecule has 0 bridgehead atoms. The molecule has 9 rings (SSSR count). The van der Waals surface area contributed by atoms with Crippen LogP contribution in [0.1, 0.15) is 4.28 Å². The summed E-state index contributed by atoms with van der Waals surface area (Å²) in [5.74, 6) is 0. The molecule has 0 spiro atoms. The van der Waals surface area contributed by atoms with Crippen LogP contribution >= 0.6 is 0 Å². The van der Waals surface area contributed by atoms with Crippen LogP contribution in [0.3, 0.4) is 0 Å². The van der Waals surface area contributed by atoms with E-state index in [9.17, 15) is 0 Å². The quantitative estimate of drug-likeness (QED) is 0.202. The zero-order chi connectivity index (χ0) is 29.0. The Labute approximate surface area is 260 Å². The van der Waals surface area contributed by atoms with E-state index in [1.54, 1.807) is 0 Å². The molecule has 0 radical (unpaired) electrons. The summed E-state index contributed by atoms with van der Waals surface area (Å²) < 4.78 is 4.82. The molecule has 2 heterocycles. The fraction of sp³-hybridized carbons (Fsp3) is 0. The second-order valence-corrected chi connectivity index (χ2v) is 11.4. The minimum atomic E-state index is 0. The van der Waals surface area contributed by atoms with E-state index < -0.39 is 0 Å². The number of aromatic nitrogens is 2. The van der Waals surface area contributed by atoms with Gasteiger partial charge >= 0.3 is 0 Å². The molecule has 0 atom stereocenters. The van der Waals surface area contributed by atoms with Crippen LogP contribution in [0.25, 0.3) is 77.2 Å². The van der Waals surface area contributed by atoms with E-state index in [1.807, 2.05) is 0 Å². The van der Waals surface area contributed by atoms with Crippen LogP contribution in [-0.4, -0.2) is 9.13 Å². The molecular weight excluding hydrogens is 532 g/mol. The fourth-order valence-electron chi connectivity index (χ4n) is 6.91. The summed E-state index contributed by atoms with van der Waals surface area (Å²) >= 11 is 0. The Kier molecular flexibility index (Phi) is 5.54. The zero-order valence-corrected chi connectivity index (χ0v) is 24.1. The molecular formula is C42H31N2-3. The Hall–Kier alpha value is -5.86. The lowest BCUT2D eigenvalue weighted by Crippen LogP contribution is -1.97. The highest BCUT2D eigenvalue weighted by Gasteiger charge is 2.16. The standard InChI is InChI=1S/C42H28N2.3H/c1-2-12-29(13-3-1)30-14-10-15-31(26-30)32-16-11-17-33(27-32)44-41-23-9-6-20-37(41)38-25-24-34(28-42(38)44)43-39-21-7-4-18-35(39)36-19-5-8-22-40(36)43;;;/h1-28H;;;/q;3*-1. The van der Waals surface area contributed by atoms with Crippen molar-refractivity contribution in [3.63, 3.8) is 0 Å². The third-order valence-corrected chi connectivity index (χ3v) is 8.90. The number of rotatable bonds is 4. The van der Waals surface area contributed by atoms with Crippen LogP contribution in [0.2, 0.25) is 0 Å². The summed E-state index contributed by atoms with van der Waals surface area (Å²) in [6.07, 6.45) is 0. The van der Waals surface area contributed by atoms with E-state index in [2.05, 4.69) is 179 Å². The lowest BCUT2D eigenvalue weighted by molar-refractivity contribution is 1.15. The van der Waals surface area contributed by atoms with Crippen LogP contribution in [0.15, 0.2) is 170 Å². The molecule has 7 aromatic carbocycles. The molecule has 0 aliphatic rings. The van der Waals surface area contributed by atoms with Gasteiger partial charge in [0.2, 0.25) is 0 Å². The van der Waals surface area contributed by atoms with Gasteiger partial charge in [0.05, 0.1) is 22.1 Å². The molecule has 0 aliphatic heterocycles. The number of fused-ring (bicyclic) bond motifs is 6. The van der Waals surface area contributed by atoms with Crippen LogP contribution < -0.4 is 0 Å². The molecule has 2 nitrogen and oxygen atoms in total. The molecule has 0 saturated carbocycles. The average molecular weight is 564 g/mol. The van der Waals surface area contributed by atoms with Crippen molar-refractivity contribution in [2.24, 2.45) is 0 Å².